The van der Waals surface area contributed by atoms with Gasteiger partial charge >= 0.3 is 20.8 Å². The lowest BCUT2D eigenvalue weighted by molar-refractivity contribution is 0.341. The molecule has 0 atom stereocenters. The maximum absolute atomic E-state index is 11.4. The van der Waals surface area contributed by atoms with E-state index in [1.807, 2.05) is 0 Å². The number of aromatic hydroxyl groups is 2. The van der Waals surface area contributed by atoms with E-state index in [-0.39, 0.29) is 11.5 Å². The van der Waals surface area contributed by atoms with Crippen LogP contribution < -0.4 is 0 Å². The van der Waals surface area contributed by atoms with Crippen molar-refractivity contribution in [2.75, 3.05) is 32.1 Å². The first kappa shape index (κ1) is 29.8. The minimum Gasteiger partial charge on any atom is -0.508 e. The maximum Gasteiger partial charge on any atom is 0.459 e. The van der Waals surface area contributed by atoms with Crippen molar-refractivity contribution in [1.29, 1.82) is 0 Å². The number of phenolic OH excluding ortho intramolecular Hbond substituents is 2. The lowest BCUT2D eigenvalue weighted by atomic mass is 10.3. The van der Waals surface area contributed by atoms with Crippen LogP contribution in [-0.4, -0.2) is 65.1 Å². The van der Waals surface area contributed by atoms with Crippen LogP contribution in [0.1, 0.15) is 0 Å². The summed E-state index contributed by atoms with van der Waals surface area (Å²) < 4.78 is 63.3. The highest BCUT2D eigenvalue weighted by Gasteiger charge is 2.26. The van der Waals surface area contributed by atoms with Gasteiger partial charge in [0.1, 0.15) is 11.5 Å². The molecule has 0 aliphatic heterocycles. The zero-order chi connectivity index (χ0) is 26.2. The summed E-state index contributed by atoms with van der Waals surface area (Å²) in [5.74, 6) is 1.36. The average Bonchev–Trinajstić information content (AvgIpc) is 2.72. The van der Waals surface area contributed by atoms with Gasteiger partial charge in [0.25, 0.3) is 0 Å². The Bertz CT molecular complexity index is 1200. The molecule has 0 unspecified atom stereocenters. The molecule has 11 nitrogen and oxygen atoms in total. The highest BCUT2D eigenvalue weighted by Crippen LogP contribution is 2.52. The Morgan fingerprint density at radius 3 is 1.38 bits per heavy atom. The summed E-state index contributed by atoms with van der Waals surface area (Å²) in [5, 5.41) is 18.3. The Balaban J connectivity index is 0.000000342. The van der Waals surface area contributed by atoms with Crippen molar-refractivity contribution in [1.82, 2.24) is 0 Å². The minimum absolute atomic E-state index is 0.0666. The largest absolute Gasteiger partial charge is 0.508 e. The molecule has 2 aromatic carbocycles. The van der Waals surface area contributed by atoms with E-state index in [2.05, 4.69) is 8.37 Å². The van der Waals surface area contributed by atoms with E-state index in [1.54, 1.807) is 49.3 Å². The predicted octanol–water partition coefficient (Wildman–Crippen LogP) is 2.99. The van der Waals surface area contributed by atoms with E-state index in [9.17, 15) is 21.6 Å². The number of hydrogen-bond acceptors (Lipinski definition) is 11. The van der Waals surface area contributed by atoms with Crippen molar-refractivity contribution in [3.8, 4) is 11.5 Å². The summed E-state index contributed by atoms with van der Waals surface area (Å²) in [6, 6.07) is 12.1. The molecular weight excluding hydrogens is 532 g/mol. The van der Waals surface area contributed by atoms with Gasteiger partial charge in [-0.05, 0) is 73.6 Å². The monoisotopic (exact) mass is 558 g/mol. The fourth-order valence-corrected chi connectivity index (χ4v) is 8.22. The number of carbonyl (C=O) groups excluding carboxylic acids is 1. The van der Waals surface area contributed by atoms with Gasteiger partial charge < -0.3 is 14.4 Å². The second kappa shape index (κ2) is 12.0. The third kappa shape index (κ3) is 9.95. The van der Waals surface area contributed by atoms with Crippen LogP contribution in [0.2, 0.25) is 0 Å². The van der Waals surface area contributed by atoms with Crippen molar-refractivity contribution in [3.63, 3.8) is 0 Å². The van der Waals surface area contributed by atoms with Crippen LogP contribution in [0.5, 0.6) is 11.5 Å². The van der Waals surface area contributed by atoms with Gasteiger partial charge in [0.15, 0.2) is 12.2 Å². The molecule has 192 valence electrons. The van der Waals surface area contributed by atoms with Crippen LogP contribution >= 0.6 is 20.6 Å². The van der Waals surface area contributed by atoms with Gasteiger partial charge in [-0.3, -0.25) is 4.18 Å². The molecule has 0 radical (unpaired) electrons. The van der Waals surface area contributed by atoms with E-state index in [0.717, 1.165) is 7.11 Å². The van der Waals surface area contributed by atoms with Crippen LogP contribution in [-0.2, 0) is 41.2 Å². The summed E-state index contributed by atoms with van der Waals surface area (Å²) in [5.41, 5.74) is 0. The van der Waals surface area contributed by atoms with E-state index in [4.69, 9.17) is 17.5 Å². The van der Waals surface area contributed by atoms with Crippen LogP contribution in [0.15, 0.2) is 64.6 Å². The van der Waals surface area contributed by atoms with Crippen LogP contribution in [0.4, 0.5) is 0 Å². The zero-order valence-corrected chi connectivity index (χ0v) is 22.2. The fourth-order valence-electron chi connectivity index (χ4n) is 2.17. The molecule has 0 saturated heterocycles. The molecule has 2 rings (SSSR count). The van der Waals surface area contributed by atoms with Crippen molar-refractivity contribution in [2.24, 2.45) is 0 Å². The Hall–Kier alpha value is -2.23. The first-order valence-electron chi connectivity index (χ1n) is 8.93. The molecule has 0 heterocycles. The average molecular weight is 559 g/mol. The van der Waals surface area contributed by atoms with Crippen LogP contribution in [0.3, 0.4) is 0 Å². The molecule has 0 aliphatic rings. The summed E-state index contributed by atoms with van der Waals surface area (Å²) in [6.45, 7) is 0. The maximum atomic E-state index is 11.4. The lowest BCUT2D eigenvalue weighted by Crippen LogP contribution is -2.11. The molecule has 0 aliphatic carbocycles. The van der Waals surface area contributed by atoms with Gasteiger partial charge in [-0.15, -0.1) is 0 Å². The summed E-state index contributed by atoms with van der Waals surface area (Å²) in [6.07, 6.45) is 6.89. The van der Waals surface area contributed by atoms with Crippen LogP contribution in [0.25, 0.3) is 0 Å². The van der Waals surface area contributed by atoms with Crippen molar-refractivity contribution in [3.05, 3.63) is 54.8 Å². The van der Waals surface area contributed by atoms with Crippen molar-refractivity contribution >= 4 is 47.4 Å². The molecule has 0 fully saturated rings. The van der Waals surface area contributed by atoms with Gasteiger partial charge in [0.05, 0.1) is 7.11 Å². The molecule has 0 saturated carbocycles. The summed E-state index contributed by atoms with van der Waals surface area (Å²) in [4.78, 5) is 11.2. The fraction of sp³-hybridized carbons (Fsp3) is 0.263. The van der Waals surface area contributed by atoms with E-state index >= 15 is 0 Å². The molecular formula is C19H26O11S4. The summed E-state index contributed by atoms with van der Waals surface area (Å²) >= 11 is 0. The minimum atomic E-state index is -4.30. The standard InChI is InChI=1S/C10H12O6S2.C9H14O5S2/c1-17(2,10-5-3-9(12)4-6-10)16-18(13,14)15-8-7-11;1-13-16(11,12)14-15(2,3)9-6-4-8(10)5-7-9/h3-6,8,12H,1-2H3;4-7,10H,1-3H3. The predicted molar refractivity (Wildman–Crippen MR) is 130 cm³/mol. The lowest BCUT2D eigenvalue weighted by Gasteiger charge is -2.29. The van der Waals surface area contributed by atoms with Gasteiger partial charge in [-0.25, -0.2) is 4.79 Å². The molecule has 2 N–H and O–H groups in total. The van der Waals surface area contributed by atoms with E-state index in [0.29, 0.717) is 16.1 Å². The van der Waals surface area contributed by atoms with E-state index < -0.39 is 41.4 Å². The van der Waals surface area contributed by atoms with E-state index in [1.165, 1.54) is 30.2 Å². The second-order valence-electron chi connectivity index (χ2n) is 6.91. The Morgan fingerprint density at radius 2 is 1.06 bits per heavy atom. The summed E-state index contributed by atoms with van der Waals surface area (Å²) in [7, 11) is -11.3. The number of phenols is 2. The third-order valence-corrected chi connectivity index (χ3v) is 11.3. The number of hydrogen-bond donors (Lipinski definition) is 2. The number of rotatable bonds is 9. The first-order chi connectivity index (χ1) is 15.5. The first-order valence-corrected chi connectivity index (χ1v) is 16.4. The normalized spacial score (nSPS) is 13.1. The van der Waals surface area contributed by atoms with Crippen molar-refractivity contribution in [2.45, 2.75) is 9.79 Å². The highest BCUT2D eigenvalue weighted by atomic mass is 32.3. The van der Waals surface area contributed by atoms with Gasteiger partial charge in [0, 0.05) is 9.79 Å². The molecule has 2 aromatic rings. The molecule has 34 heavy (non-hydrogen) atoms. The smallest absolute Gasteiger partial charge is 0.459 e. The van der Waals surface area contributed by atoms with Gasteiger partial charge in [-0.2, -0.15) is 24.1 Å². The number of benzene rings is 2. The molecule has 0 spiro atoms. The zero-order valence-electron chi connectivity index (χ0n) is 18.9. The Morgan fingerprint density at radius 1 is 0.706 bits per heavy atom. The topological polar surface area (TPSA) is 163 Å². The molecule has 0 amide bonds. The molecule has 15 heteroatoms. The quantitative estimate of drug-likeness (QED) is 0.343. The van der Waals surface area contributed by atoms with Gasteiger partial charge in [0.2, 0.25) is 0 Å². The van der Waals surface area contributed by atoms with Gasteiger partial charge in [-0.1, -0.05) is 20.6 Å². The second-order valence-corrected chi connectivity index (χ2v) is 16.0. The highest BCUT2D eigenvalue weighted by molar-refractivity contribution is 8.32. The molecule has 0 bridgehead atoms. The Kier molecular flexibility index (Phi) is 10.5. The molecule has 0 aromatic heterocycles. The third-order valence-electron chi connectivity index (χ3n) is 3.73. The van der Waals surface area contributed by atoms with Crippen LogP contribution in [0, 0.1) is 0 Å². The Labute approximate surface area is 202 Å². The SMILES string of the molecule is COS(=O)(=O)OS(C)(C)c1ccc(O)cc1.CS(C)(OS(=O)(=O)OC=C=O)c1ccc(O)cc1. The van der Waals surface area contributed by atoms with Crippen molar-refractivity contribution < 1.29 is 47.5 Å².